The largest absolute Gasteiger partial charge is 0.321 e. The van der Waals surface area contributed by atoms with Gasteiger partial charge in [-0.15, -0.1) is 0 Å². The van der Waals surface area contributed by atoms with Crippen LogP contribution in [-0.2, 0) is 16.0 Å². The van der Waals surface area contributed by atoms with Crippen LogP contribution in [0.3, 0.4) is 0 Å². The molecule has 32 heavy (non-hydrogen) atoms. The first kappa shape index (κ1) is 21.9. The molecule has 0 aromatic heterocycles. The van der Waals surface area contributed by atoms with Gasteiger partial charge in [-0.05, 0) is 48.4 Å². The minimum Gasteiger partial charge on any atom is -0.321 e. The van der Waals surface area contributed by atoms with Gasteiger partial charge in [0, 0.05) is 15.8 Å². The standard InChI is InChI=1S/C25H18BrN3O2S/c26-18-11-13-19(14-12-18)28-23(30)21(16-27)25-29(20-9-5-2-6-10-20)24(31)22(32-25)15-17-7-3-1-4-8-17/h1-14,22H,15H2,(H,28,30)/b25-21-/t22-/m0/s1. The summed E-state index contributed by atoms with van der Waals surface area (Å²) in [4.78, 5) is 27.9. The first-order valence-corrected chi connectivity index (χ1v) is 11.5. The molecule has 4 rings (SSSR count). The van der Waals surface area contributed by atoms with Gasteiger partial charge in [0.15, 0.2) is 0 Å². The topological polar surface area (TPSA) is 73.2 Å². The Bertz CT molecular complexity index is 1210. The van der Waals surface area contributed by atoms with Crippen molar-refractivity contribution in [1.82, 2.24) is 0 Å². The van der Waals surface area contributed by atoms with E-state index in [-0.39, 0.29) is 11.5 Å². The Balaban J connectivity index is 1.70. The summed E-state index contributed by atoms with van der Waals surface area (Å²) in [7, 11) is 0. The maximum atomic E-state index is 13.4. The van der Waals surface area contributed by atoms with E-state index in [1.54, 1.807) is 36.4 Å². The van der Waals surface area contributed by atoms with Gasteiger partial charge in [-0.1, -0.05) is 76.2 Å². The lowest BCUT2D eigenvalue weighted by Crippen LogP contribution is -2.30. The molecule has 1 fully saturated rings. The number of anilines is 2. The number of amides is 2. The SMILES string of the molecule is N#C/C(C(=O)Nc1ccc(Br)cc1)=C1/S[C@@H](Cc2ccccc2)C(=O)N1c1ccccc1. The van der Waals surface area contributed by atoms with E-state index < -0.39 is 11.2 Å². The zero-order valence-electron chi connectivity index (χ0n) is 16.9. The summed E-state index contributed by atoms with van der Waals surface area (Å²) in [5.74, 6) is -0.698. The molecule has 0 spiro atoms. The molecule has 0 saturated carbocycles. The normalized spacial score (nSPS) is 17.1. The summed E-state index contributed by atoms with van der Waals surface area (Å²) in [6, 6.07) is 27.9. The number of nitrogens with zero attached hydrogens (tertiary/aromatic N) is 2. The van der Waals surface area contributed by atoms with Crippen LogP contribution in [0.2, 0.25) is 0 Å². The number of rotatable bonds is 5. The Morgan fingerprint density at radius 3 is 2.25 bits per heavy atom. The van der Waals surface area contributed by atoms with Crippen molar-refractivity contribution >= 4 is 50.9 Å². The molecular weight excluding hydrogens is 486 g/mol. The highest BCUT2D eigenvalue weighted by Crippen LogP contribution is 2.42. The molecule has 0 bridgehead atoms. The monoisotopic (exact) mass is 503 g/mol. The number of thioether (sulfide) groups is 1. The van der Waals surface area contributed by atoms with Gasteiger partial charge < -0.3 is 5.32 Å². The Labute approximate surface area is 198 Å². The van der Waals surface area contributed by atoms with Gasteiger partial charge in [-0.3, -0.25) is 14.5 Å². The van der Waals surface area contributed by atoms with Crippen molar-refractivity contribution in [3.05, 3.63) is 106 Å². The lowest BCUT2D eigenvalue weighted by Gasteiger charge is -2.18. The number of halogens is 1. The summed E-state index contributed by atoms with van der Waals surface area (Å²) in [5.41, 5.74) is 2.11. The van der Waals surface area contributed by atoms with Crippen LogP contribution in [0.25, 0.3) is 0 Å². The maximum absolute atomic E-state index is 13.4. The summed E-state index contributed by atoms with van der Waals surface area (Å²) in [6.45, 7) is 0. The van der Waals surface area contributed by atoms with Gasteiger partial charge in [-0.2, -0.15) is 5.26 Å². The Morgan fingerprint density at radius 2 is 1.62 bits per heavy atom. The summed E-state index contributed by atoms with van der Waals surface area (Å²) >= 11 is 4.62. The molecule has 158 valence electrons. The van der Waals surface area contributed by atoms with Gasteiger partial charge in [0.1, 0.15) is 16.7 Å². The number of para-hydroxylation sites is 1. The molecule has 0 unspecified atom stereocenters. The predicted octanol–water partition coefficient (Wildman–Crippen LogP) is 5.51. The predicted molar refractivity (Wildman–Crippen MR) is 131 cm³/mol. The number of benzene rings is 3. The number of hydrogen-bond donors (Lipinski definition) is 1. The second-order valence-electron chi connectivity index (χ2n) is 7.06. The Morgan fingerprint density at radius 1 is 1.00 bits per heavy atom. The third-order valence-electron chi connectivity index (χ3n) is 4.89. The summed E-state index contributed by atoms with van der Waals surface area (Å²) < 4.78 is 0.880. The average molecular weight is 504 g/mol. The van der Waals surface area contributed by atoms with E-state index in [1.807, 2.05) is 54.6 Å². The minimum absolute atomic E-state index is 0.0920. The number of nitrogens with one attached hydrogen (secondary N) is 1. The van der Waals surface area contributed by atoms with Gasteiger partial charge in [0.05, 0.1) is 5.25 Å². The second-order valence-corrected chi connectivity index (χ2v) is 9.17. The van der Waals surface area contributed by atoms with Crippen LogP contribution in [0.1, 0.15) is 5.56 Å². The van der Waals surface area contributed by atoms with Crippen molar-refractivity contribution in [2.75, 3.05) is 10.2 Å². The molecule has 5 nitrogen and oxygen atoms in total. The van der Waals surface area contributed by atoms with Crippen LogP contribution < -0.4 is 10.2 Å². The zero-order valence-corrected chi connectivity index (χ0v) is 19.3. The first-order valence-electron chi connectivity index (χ1n) is 9.87. The van der Waals surface area contributed by atoms with E-state index >= 15 is 0 Å². The molecule has 0 radical (unpaired) electrons. The van der Waals surface area contributed by atoms with E-state index in [4.69, 9.17) is 0 Å². The van der Waals surface area contributed by atoms with Crippen LogP contribution in [0.4, 0.5) is 11.4 Å². The molecule has 3 aromatic carbocycles. The molecule has 1 N–H and O–H groups in total. The van der Waals surface area contributed by atoms with Crippen LogP contribution in [-0.4, -0.2) is 17.1 Å². The fourth-order valence-corrected chi connectivity index (χ4v) is 4.93. The van der Waals surface area contributed by atoms with Crippen LogP contribution in [0, 0.1) is 11.3 Å². The quantitative estimate of drug-likeness (QED) is 0.367. The molecule has 3 aromatic rings. The molecule has 1 saturated heterocycles. The molecule has 2 amide bonds. The molecule has 1 aliphatic heterocycles. The van der Waals surface area contributed by atoms with E-state index in [2.05, 4.69) is 21.2 Å². The molecule has 0 aliphatic carbocycles. The number of carbonyl (C=O) groups excluding carboxylic acids is 2. The van der Waals surface area contributed by atoms with E-state index in [0.29, 0.717) is 22.8 Å². The summed E-state index contributed by atoms with van der Waals surface area (Å²) in [6.07, 6.45) is 0.504. The molecule has 1 atom stereocenters. The Hall–Kier alpha value is -3.34. The third-order valence-corrected chi connectivity index (χ3v) is 6.68. The Kier molecular flexibility index (Phi) is 6.74. The van der Waals surface area contributed by atoms with Crippen LogP contribution >= 0.6 is 27.7 Å². The third kappa shape index (κ3) is 4.77. The minimum atomic E-state index is -0.550. The summed E-state index contributed by atoms with van der Waals surface area (Å²) in [5, 5.41) is 12.5. The van der Waals surface area contributed by atoms with Crippen LogP contribution in [0.15, 0.2) is 100 Å². The van der Waals surface area contributed by atoms with Gasteiger partial charge in [-0.25, -0.2) is 0 Å². The fourth-order valence-electron chi connectivity index (χ4n) is 3.35. The van der Waals surface area contributed by atoms with E-state index in [9.17, 15) is 14.9 Å². The number of hydrogen-bond acceptors (Lipinski definition) is 4. The molecule has 1 aliphatic rings. The highest BCUT2D eigenvalue weighted by atomic mass is 79.9. The molecule has 7 heteroatoms. The lowest BCUT2D eigenvalue weighted by atomic mass is 10.1. The van der Waals surface area contributed by atoms with Crippen molar-refractivity contribution < 1.29 is 9.59 Å². The van der Waals surface area contributed by atoms with Crippen LogP contribution in [0.5, 0.6) is 0 Å². The highest BCUT2D eigenvalue weighted by Gasteiger charge is 2.40. The maximum Gasteiger partial charge on any atom is 0.269 e. The van der Waals surface area contributed by atoms with E-state index in [1.165, 1.54) is 16.7 Å². The average Bonchev–Trinajstić information content (AvgIpc) is 3.12. The molecule has 1 heterocycles. The lowest BCUT2D eigenvalue weighted by molar-refractivity contribution is -0.117. The van der Waals surface area contributed by atoms with Gasteiger partial charge in [0.2, 0.25) is 5.91 Å². The van der Waals surface area contributed by atoms with E-state index in [0.717, 1.165) is 10.0 Å². The highest BCUT2D eigenvalue weighted by molar-refractivity contribution is 9.10. The van der Waals surface area contributed by atoms with Gasteiger partial charge in [0.25, 0.3) is 5.91 Å². The zero-order chi connectivity index (χ0) is 22.5. The fraction of sp³-hybridized carbons (Fsp3) is 0.0800. The molecular formula is C25H18BrN3O2S. The van der Waals surface area contributed by atoms with Gasteiger partial charge >= 0.3 is 0 Å². The van der Waals surface area contributed by atoms with Crippen molar-refractivity contribution in [3.63, 3.8) is 0 Å². The van der Waals surface area contributed by atoms with Crippen molar-refractivity contribution in [1.29, 1.82) is 5.26 Å². The second kappa shape index (κ2) is 9.86. The van der Waals surface area contributed by atoms with Crippen molar-refractivity contribution in [2.45, 2.75) is 11.7 Å². The number of nitriles is 1. The van der Waals surface area contributed by atoms with Crippen molar-refractivity contribution in [2.24, 2.45) is 0 Å². The first-order chi connectivity index (χ1) is 15.6. The van der Waals surface area contributed by atoms with Crippen molar-refractivity contribution in [3.8, 4) is 6.07 Å². The smallest absolute Gasteiger partial charge is 0.269 e. The number of carbonyl (C=O) groups is 2.